The SMILES string of the molecule is CC1(C)C(/C=C(\Cl)C(F)(F)F)C1C(=O)ON=C(Cl)Cl. The van der Waals surface area contributed by atoms with Crippen molar-refractivity contribution in [2.45, 2.75) is 20.0 Å². The van der Waals surface area contributed by atoms with Crippen LogP contribution in [0.2, 0.25) is 0 Å². The maximum Gasteiger partial charge on any atom is 0.426 e. The van der Waals surface area contributed by atoms with Gasteiger partial charge in [-0.15, -0.1) is 0 Å². The van der Waals surface area contributed by atoms with E-state index < -0.39 is 39.1 Å². The maximum absolute atomic E-state index is 12.3. The third-order valence-electron chi connectivity index (χ3n) is 2.97. The third kappa shape index (κ3) is 4.00. The average Bonchev–Trinajstić information content (AvgIpc) is 2.75. The van der Waals surface area contributed by atoms with Gasteiger partial charge >= 0.3 is 12.1 Å². The molecule has 1 rings (SSSR count). The molecular weight excluding hydrogens is 329 g/mol. The highest BCUT2D eigenvalue weighted by Gasteiger charge is 2.62. The van der Waals surface area contributed by atoms with Gasteiger partial charge in [-0.2, -0.15) is 13.2 Å². The van der Waals surface area contributed by atoms with Gasteiger partial charge in [0.15, 0.2) is 0 Å². The highest BCUT2D eigenvalue weighted by Crippen LogP contribution is 2.60. The summed E-state index contributed by atoms with van der Waals surface area (Å²) in [5.74, 6) is -2.27. The van der Waals surface area contributed by atoms with Gasteiger partial charge in [-0.05, 0) is 34.5 Å². The Morgan fingerprint density at radius 1 is 1.32 bits per heavy atom. The Hall–Kier alpha value is -0.460. The van der Waals surface area contributed by atoms with Gasteiger partial charge in [-0.3, -0.25) is 0 Å². The number of carbonyl (C=O) groups is 1. The fraction of sp³-hybridized carbons (Fsp3) is 0.600. The van der Waals surface area contributed by atoms with Gasteiger partial charge < -0.3 is 4.84 Å². The van der Waals surface area contributed by atoms with E-state index in [0.717, 1.165) is 6.08 Å². The zero-order valence-electron chi connectivity index (χ0n) is 9.76. The van der Waals surface area contributed by atoms with Gasteiger partial charge in [-0.1, -0.05) is 36.7 Å². The van der Waals surface area contributed by atoms with Crippen LogP contribution in [0.15, 0.2) is 16.3 Å². The van der Waals surface area contributed by atoms with Gasteiger partial charge in [0.2, 0.25) is 4.63 Å². The van der Waals surface area contributed by atoms with Gasteiger partial charge in [0.1, 0.15) is 5.03 Å². The average molecular weight is 339 g/mol. The lowest BCUT2D eigenvalue weighted by atomic mass is 10.1. The number of nitrogens with zero attached hydrogens (tertiary/aromatic N) is 1. The Morgan fingerprint density at radius 2 is 1.84 bits per heavy atom. The first-order chi connectivity index (χ1) is 8.48. The minimum Gasteiger partial charge on any atom is -0.316 e. The zero-order chi connectivity index (χ0) is 15.0. The summed E-state index contributed by atoms with van der Waals surface area (Å²) >= 11 is 15.4. The van der Waals surface area contributed by atoms with Crippen molar-refractivity contribution in [1.29, 1.82) is 0 Å². The minimum absolute atomic E-state index is 0.507. The highest BCUT2D eigenvalue weighted by molar-refractivity contribution is 6.95. The lowest BCUT2D eigenvalue weighted by molar-refractivity contribution is -0.146. The first-order valence-corrected chi connectivity index (χ1v) is 6.15. The molecule has 0 aromatic rings. The zero-order valence-corrected chi connectivity index (χ0v) is 12.0. The van der Waals surface area contributed by atoms with Crippen molar-refractivity contribution >= 4 is 45.4 Å². The Kier molecular flexibility index (Phi) is 4.80. The van der Waals surface area contributed by atoms with E-state index in [-0.39, 0.29) is 0 Å². The first kappa shape index (κ1) is 16.6. The molecule has 1 aliphatic carbocycles. The quantitative estimate of drug-likeness (QED) is 0.439. The predicted molar refractivity (Wildman–Crippen MR) is 66.0 cm³/mol. The van der Waals surface area contributed by atoms with E-state index in [1.54, 1.807) is 13.8 Å². The van der Waals surface area contributed by atoms with E-state index >= 15 is 0 Å². The summed E-state index contributed by atoms with van der Waals surface area (Å²) in [6, 6.07) is 0. The molecule has 0 heterocycles. The summed E-state index contributed by atoms with van der Waals surface area (Å²) in [6.45, 7) is 3.24. The minimum atomic E-state index is -4.63. The summed E-state index contributed by atoms with van der Waals surface area (Å²) in [4.78, 5) is 16.0. The van der Waals surface area contributed by atoms with Crippen molar-refractivity contribution in [1.82, 2.24) is 0 Å². The van der Waals surface area contributed by atoms with Crippen LogP contribution in [0.5, 0.6) is 0 Å². The van der Waals surface area contributed by atoms with Crippen molar-refractivity contribution < 1.29 is 22.8 Å². The van der Waals surface area contributed by atoms with Crippen molar-refractivity contribution in [3.63, 3.8) is 0 Å². The lowest BCUT2D eigenvalue weighted by Crippen LogP contribution is -2.08. The van der Waals surface area contributed by atoms with Crippen LogP contribution < -0.4 is 0 Å². The van der Waals surface area contributed by atoms with Gasteiger partial charge in [0, 0.05) is 0 Å². The Balaban J connectivity index is 2.79. The molecule has 1 aliphatic rings. The van der Waals surface area contributed by atoms with Crippen LogP contribution in [0.4, 0.5) is 13.2 Å². The molecule has 0 amide bonds. The molecule has 1 fully saturated rings. The molecule has 0 aliphatic heterocycles. The molecule has 9 heteroatoms. The second-order valence-corrected chi connectivity index (χ2v) is 5.90. The number of allylic oxidation sites excluding steroid dienone is 2. The summed E-state index contributed by atoms with van der Waals surface area (Å²) < 4.78 is 36.4. The van der Waals surface area contributed by atoms with E-state index in [4.69, 9.17) is 34.8 Å². The lowest BCUT2D eigenvalue weighted by Gasteiger charge is -2.04. The fourth-order valence-corrected chi connectivity index (χ4v) is 2.03. The number of hydrogen-bond donors (Lipinski definition) is 0. The molecule has 19 heavy (non-hydrogen) atoms. The van der Waals surface area contributed by atoms with Crippen LogP contribution >= 0.6 is 34.8 Å². The van der Waals surface area contributed by atoms with E-state index in [9.17, 15) is 18.0 Å². The fourth-order valence-electron chi connectivity index (χ4n) is 1.83. The largest absolute Gasteiger partial charge is 0.426 e. The Bertz CT molecular complexity index is 442. The first-order valence-electron chi connectivity index (χ1n) is 5.02. The molecule has 0 aromatic heterocycles. The van der Waals surface area contributed by atoms with Crippen LogP contribution in [0, 0.1) is 17.3 Å². The number of halogens is 6. The molecule has 2 atom stereocenters. The van der Waals surface area contributed by atoms with Gasteiger partial charge in [-0.25, -0.2) is 4.79 Å². The summed E-state index contributed by atoms with van der Waals surface area (Å²) in [5.41, 5.74) is -0.698. The molecule has 0 aromatic carbocycles. The standard InChI is InChI=1S/C10H9Cl3F3NO2/c1-9(2)4(3-5(11)10(14,15)16)6(9)7(18)19-17-8(12)13/h3-4,6H,1-2H3/b5-3-. The van der Waals surface area contributed by atoms with Crippen molar-refractivity contribution in [2.24, 2.45) is 22.4 Å². The van der Waals surface area contributed by atoms with Crippen LogP contribution in [0.1, 0.15) is 13.8 Å². The molecule has 0 radical (unpaired) electrons. The molecule has 108 valence electrons. The Labute approximate surface area is 122 Å². The number of oxime groups is 1. The van der Waals surface area contributed by atoms with E-state index in [1.807, 2.05) is 0 Å². The van der Waals surface area contributed by atoms with Crippen LogP contribution in [-0.2, 0) is 9.63 Å². The molecular formula is C10H9Cl3F3NO2. The topological polar surface area (TPSA) is 38.7 Å². The van der Waals surface area contributed by atoms with E-state index in [0.29, 0.717) is 0 Å². The summed E-state index contributed by atoms with van der Waals surface area (Å²) in [5, 5.41) is 1.77. The molecule has 1 saturated carbocycles. The van der Waals surface area contributed by atoms with E-state index in [2.05, 4.69) is 9.99 Å². The van der Waals surface area contributed by atoms with Crippen molar-refractivity contribution in [3.8, 4) is 0 Å². The molecule has 0 N–H and O–H groups in total. The molecule has 0 saturated heterocycles. The third-order valence-corrected chi connectivity index (χ3v) is 3.44. The molecule has 3 nitrogen and oxygen atoms in total. The monoisotopic (exact) mass is 337 g/mol. The van der Waals surface area contributed by atoms with Gasteiger partial charge in [0.25, 0.3) is 0 Å². The second kappa shape index (κ2) is 5.50. The highest BCUT2D eigenvalue weighted by atomic mass is 35.5. The molecule has 0 bridgehead atoms. The van der Waals surface area contributed by atoms with Gasteiger partial charge in [0.05, 0.1) is 5.92 Å². The number of hydrogen-bond acceptors (Lipinski definition) is 3. The number of rotatable bonds is 3. The van der Waals surface area contributed by atoms with E-state index in [1.165, 1.54) is 0 Å². The number of alkyl halides is 3. The second-order valence-electron chi connectivity index (χ2n) is 4.58. The van der Waals surface area contributed by atoms with Crippen LogP contribution in [-0.4, -0.2) is 16.8 Å². The summed E-state index contributed by atoms with van der Waals surface area (Å²) in [6.07, 6.45) is -3.83. The number of carbonyl (C=O) groups excluding carboxylic acids is 1. The Morgan fingerprint density at radius 3 is 2.26 bits per heavy atom. The smallest absolute Gasteiger partial charge is 0.316 e. The van der Waals surface area contributed by atoms with Crippen LogP contribution in [0.3, 0.4) is 0 Å². The van der Waals surface area contributed by atoms with Crippen LogP contribution in [0.25, 0.3) is 0 Å². The molecule has 0 spiro atoms. The van der Waals surface area contributed by atoms with Crippen molar-refractivity contribution in [2.75, 3.05) is 0 Å². The normalized spacial score (nSPS) is 25.8. The molecule has 2 unspecified atom stereocenters. The summed E-state index contributed by atoms with van der Waals surface area (Å²) in [7, 11) is 0. The van der Waals surface area contributed by atoms with Crippen molar-refractivity contribution in [3.05, 3.63) is 11.1 Å². The maximum atomic E-state index is 12.3. The predicted octanol–water partition coefficient (Wildman–Crippen LogP) is 4.24.